The molecule has 2 heterocycles. The number of hydrogen-bond donors (Lipinski definition) is 2. The minimum atomic E-state index is -0.126. The third-order valence-corrected chi connectivity index (χ3v) is 3.17. The van der Waals surface area contributed by atoms with Crippen LogP contribution in [0.25, 0.3) is 0 Å². The van der Waals surface area contributed by atoms with Crippen molar-refractivity contribution in [2.45, 2.75) is 30.9 Å². The molecule has 0 aromatic carbocycles. The Balaban J connectivity index is 2.15. The molecule has 2 aliphatic heterocycles. The average molecular weight is 156 g/mol. The number of hydrogen-bond acceptors (Lipinski definition) is 3. The first-order chi connectivity index (χ1) is 5.27. The van der Waals surface area contributed by atoms with E-state index in [-0.39, 0.29) is 11.6 Å². The van der Waals surface area contributed by atoms with Crippen molar-refractivity contribution in [3.8, 4) is 0 Å². The molecule has 0 radical (unpaired) electrons. The largest absolute Gasteiger partial charge is 0.392 e. The Bertz CT molecular complexity index is 162. The zero-order valence-corrected chi connectivity index (χ0v) is 6.79. The van der Waals surface area contributed by atoms with Crippen molar-refractivity contribution in [1.82, 2.24) is 4.90 Å². The van der Waals surface area contributed by atoms with Crippen LogP contribution in [0.2, 0.25) is 0 Å². The molecule has 2 saturated heterocycles. The second kappa shape index (κ2) is 2.44. The van der Waals surface area contributed by atoms with Crippen LogP contribution in [0.15, 0.2) is 0 Å². The number of fused-ring (bicyclic) bond motifs is 1. The Morgan fingerprint density at radius 3 is 3.09 bits per heavy atom. The third kappa shape index (κ3) is 0.991. The predicted octanol–water partition coefficient (Wildman–Crippen LogP) is -0.456. The molecule has 2 fully saturated rings. The van der Waals surface area contributed by atoms with Gasteiger partial charge in [0.15, 0.2) is 0 Å². The summed E-state index contributed by atoms with van der Waals surface area (Å²) in [4.78, 5) is 2.36. The van der Waals surface area contributed by atoms with E-state index in [4.69, 9.17) is 5.73 Å². The molecule has 0 saturated carbocycles. The van der Waals surface area contributed by atoms with Gasteiger partial charge in [-0.05, 0) is 25.8 Å². The van der Waals surface area contributed by atoms with Gasteiger partial charge in [0.1, 0.15) is 0 Å². The standard InChI is InChI=1S/C8H16N2O/c9-6-8-2-1-3-10(8)5-7(11)4-8/h7,11H,1-6,9H2/t7-,8+/m1/s1. The molecule has 0 aromatic rings. The Hall–Kier alpha value is -0.120. The molecule has 3 N–H and O–H groups in total. The van der Waals surface area contributed by atoms with Gasteiger partial charge in [0.05, 0.1) is 6.10 Å². The maximum Gasteiger partial charge on any atom is 0.0685 e. The van der Waals surface area contributed by atoms with Crippen molar-refractivity contribution in [3.63, 3.8) is 0 Å². The van der Waals surface area contributed by atoms with Gasteiger partial charge in [-0.1, -0.05) is 0 Å². The molecule has 3 nitrogen and oxygen atoms in total. The van der Waals surface area contributed by atoms with Gasteiger partial charge in [0.25, 0.3) is 0 Å². The summed E-state index contributed by atoms with van der Waals surface area (Å²) in [5, 5.41) is 9.43. The highest BCUT2D eigenvalue weighted by Gasteiger charge is 2.46. The Morgan fingerprint density at radius 1 is 1.64 bits per heavy atom. The van der Waals surface area contributed by atoms with Crippen LogP contribution in [-0.4, -0.2) is 41.3 Å². The zero-order valence-electron chi connectivity index (χ0n) is 6.79. The molecule has 0 unspecified atom stereocenters. The van der Waals surface area contributed by atoms with E-state index in [9.17, 15) is 5.11 Å². The lowest BCUT2D eigenvalue weighted by molar-refractivity contribution is 0.177. The van der Waals surface area contributed by atoms with Crippen LogP contribution in [-0.2, 0) is 0 Å². The van der Waals surface area contributed by atoms with E-state index in [1.807, 2.05) is 0 Å². The fourth-order valence-corrected chi connectivity index (χ4v) is 2.58. The first kappa shape index (κ1) is 7.53. The second-order valence-corrected chi connectivity index (χ2v) is 3.84. The molecular formula is C8H16N2O. The molecule has 2 aliphatic rings. The number of aliphatic hydroxyl groups excluding tert-OH is 1. The molecule has 2 atom stereocenters. The highest BCUT2D eigenvalue weighted by molar-refractivity contribution is 5.03. The van der Waals surface area contributed by atoms with Gasteiger partial charge in [0.2, 0.25) is 0 Å². The second-order valence-electron chi connectivity index (χ2n) is 3.84. The predicted molar refractivity (Wildman–Crippen MR) is 43.2 cm³/mol. The molecule has 0 aliphatic carbocycles. The third-order valence-electron chi connectivity index (χ3n) is 3.17. The summed E-state index contributed by atoms with van der Waals surface area (Å²) < 4.78 is 0. The minimum Gasteiger partial charge on any atom is -0.392 e. The van der Waals surface area contributed by atoms with E-state index >= 15 is 0 Å². The fourth-order valence-electron chi connectivity index (χ4n) is 2.58. The SMILES string of the molecule is NC[C@@]12CCCN1C[C@H](O)C2. The van der Waals surface area contributed by atoms with Crippen LogP contribution in [0.1, 0.15) is 19.3 Å². The van der Waals surface area contributed by atoms with E-state index in [0.717, 1.165) is 19.5 Å². The molecule has 0 aromatic heterocycles. The van der Waals surface area contributed by atoms with Gasteiger partial charge < -0.3 is 10.8 Å². The molecule has 2 rings (SSSR count). The van der Waals surface area contributed by atoms with Crippen molar-refractivity contribution in [2.75, 3.05) is 19.6 Å². The maximum absolute atomic E-state index is 9.43. The summed E-state index contributed by atoms with van der Waals surface area (Å²) in [6.07, 6.45) is 3.20. The molecule has 3 heteroatoms. The van der Waals surface area contributed by atoms with Gasteiger partial charge in [-0.2, -0.15) is 0 Å². The van der Waals surface area contributed by atoms with Gasteiger partial charge in [-0.15, -0.1) is 0 Å². The molecule has 0 amide bonds. The lowest BCUT2D eigenvalue weighted by Gasteiger charge is -2.29. The van der Waals surface area contributed by atoms with Crippen LogP contribution in [0.3, 0.4) is 0 Å². The van der Waals surface area contributed by atoms with Crippen LogP contribution in [0.4, 0.5) is 0 Å². The molecule has 0 spiro atoms. The van der Waals surface area contributed by atoms with Crippen molar-refractivity contribution >= 4 is 0 Å². The number of β-amino-alcohol motifs (C(OH)–C–C–N with tert-alkyl or cyclic N) is 1. The Kier molecular flexibility index (Phi) is 1.67. The van der Waals surface area contributed by atoms with Gasteiger partial charge in [-0.25, -0.2) is 0 Å². The summed E-state index contributed by atoms with van der Waals surface area (Å²) in [6, 6.07) is 0. The van der Waals surface area contributed by atoms with Crippen LogP contribution >= 0.6 is 0 Å². The minimum absolute atomic E-state index is 0.126. The van der Waals surface area contributed by atoms with Crippen molar-refractivity contribution in [3.05, 3.63) is 0 Å². The highest BCUT2D eigenvalue weighted by atomic mass is 16.3. The van der Waals surface area contributed by atoms with Gasteiger partial charge in [-0.3, -0.25) is 4.90 Å². The van der Waals surface area contributed by atoms with Crippen molar-refractivity contribution in [2.24, 2.45) is 5.73 Å². The number of rotatable bonds is 1. The van der Waals surface area contributed by atoms with Crippen molar-refractivity contribution in [1.29, 1.82) is 0 Å². The number of nitrogens with two attached hydrogens (primary N) is 1. The van der Waals surface area contributed by atoms with E-state index in [1.54, 1.807) is 0 Å². The highest BCUT2D eigenvalue weighted by Crippen LogP contribution is 2.37. The quantitative estimate of drug-likeness (QED) is 0.540. The number of nitrogens with zero attached hydrogens (tertiary/aromatic N) is 1. The maximum atomic E-state index is 9.43. The molecule has 0 bridgehead atoms. The van der Waals surface area contributed by atoms with E-state index < -0.39 is 0 Å². The van der Waals surface area contributed by atoms with Crippen LogP contribution in [0, 0.1) is 0 Å². The summed E-state index contributed by atoms with van der Waals surface area (Å²) >= 11 is 0. The van der Waals surface area contributed by atoms with E-state index in [2.05, 4.69) is 4.90 Å². The molecular weight excluding hydrogens is 140 g/mol. The lowest BCUT2D eigenvalue weighted by atomic mass is 9.94. The fraction of sp³-hybridized carbons (Fsp3) is 1.00. The lowest BCUT2D eigenvalue weighted by Crippen LogP contribution is -2.44. The summed E-state index contributed by atoms with van der Waals surface area (Å²) in [6.45, 7) is 2.69. The Labute approximate surface area is 67.2 Å². The first-order valence-corrected chi connectivity index (χ1v) is 4.40. The Morgan fingerprint density at radius 2 is 2.45 bits per heavy atom. The smallest absolute Gasteiger partial charge is 0.0685 e. The number of aliphatic hydroxyl groups is 1. The topological polar surface area (TPSA) is 49.5 Å². The monoisotopic (exact) mass is 156 g/mol. The zero-order chi connectivity index (χ0) is 7.90. The van der Waals surface area contributed by atoms with E-state index in [0.29, 0.717) is 6.54 Å². The molecule has 11 heavy (non-hydrogen) atoms. The van der Waals surface area contributed by atoms with Gasteiger partial charge >= 0.3 is 0 Å². The van der Waals surface area contributed by atoms with Crippen LogP contribution < -0.4 is 5.73 Å². The summed E-state index contributed by atoms with van der Waals surface area (Å²) in [7, 11) is 0. The van der Waals surface area contributed by atoms with Crippen molar-refractivity contribution < 1.29 is 5.11 Å². The van der Waals surface area contributed by atoms with Crippen LogP contribution in [0.5, 0.6) is 0 Å². The van der Waals surface area contributed by atoms with Gasteiger partial charge in [0, 0.05) is 18.6 Å². The average Bonchev–Trinajstić information content (AvgIpc) is 2.43. The van der Waals surface area contributed by atoms with E-state index in [1.165, 1.54) is 12.8 Å². The summed E-state index contributed by atoms with van der Waals surface area (Å²) in [5.74, 6) is 0. The normalized spacial score (nSPS) is 44.7. The molecule has 64 valence electrons. The summed E-state index contributed by atoms with van der Waals surface area (Å²) in [5.41, 5.74) is 5.90. The first-order valence-electron chi connectivity index (χ1n) is 4.40.